The van der Waals surface area contributed by atoms with Gasteiger partial charge in [0.25, 0.3) is 5.56 Å². The topological polar surface area (TPSA) is 91.4 Å². The minimum atomic E-state index is -0.486. The highest BCUT2D eigenvalue weighted by atomic mass is 32.2. The molecular weight excluding hydrogens is 424 g/mol. The van der Waals surface area contributed by atoms with Crippen LogP contribution in [0.15, 0.2) is 32.8 Å². The van der Waals surface area contributed by atoms with E-state index in [0.29, 0.717) is 31.6 Å². The third kappa shape index (κ3) is 4.52. The van der Waals surface area contributed by atoms with Crippen molar-refractivity contribution in [1.82, 2.24) is 9.55 Å². The van der Waals surface area contributed by atoms with Crippen LogP contribution in [0.3, 0.4) is 0 Å². The average molecular weight is 449 g/mol. The van der Waals surface area contributed by atoms with E-state index >= 15 is 0 Å². The first-order valence-electron chi connectivity index (χ1n) is 9.53. The van der Waals surface area contributed by atoms with Crippen LogP contribution in [0.25, 0.3) is 10.2 Å². The summed E-state index contributed by atoms with van der Waals surface area (Å²) in [7, 11) is 0. The Morgan fingerprint density at radius 2 is 2.07 bits per heavy atom. The number of thiophene rings is 1. The van der Waals surface area contributed by atoms with Crippen LogP contribution in [-0.2, 0) is 16.1 Å². The van der Waals surface area contributed by atoms with E-state index in [1.54, 1.807) is 26.0 Å². The number of hydrogen-bond acceptors (Lipinski definition) is 8. The first-order chi connectivity index (χ1) is 14.1. The van der Waals surface area contributed by atoms with Crippen LogP contribution in [-0.4, -0.2) is 33.7 Å². The highest BCUT2D eigenvalue weighted by Crippen LogP contribution is 2.30. The van der Waals surface area contributed by atoms with Crippen LogP contribution < -0.4 is 5.56 Å². The van der Waals surface area contributed by atoms with Gasteiger partial charge in [-0.1, -0.05) is 32.5 Å². The molecule has 160 valence electrons. The molecule has 0 amide bonds. The van der Waals surface area contributed by atoms with Crippen LogP contribution >= 0.6 is 23.1 Å². The maximum Gasteiger partial charge on any atom is 0.348 e. The van der Waals surface area contributed by atoms with Crippen molar-refractivity contribution in [2.24, 2.45) is 5.41 Å². The lowest BCUT2D eigenvalue weighted by atomic mass is 9.92. The number of aromatic nitrogens is 2. The van der Waals surface area contributed by atoms with Crippen molar-refractivity contribution in [3.05, 3.63) is 45.0 Å². The van der Waals surface area contributed by atoms with E-state index in [4.69, 9.17) is 9.15 Å². The summed E-state index contributed by atoms with van der Waals surface area (Å²) < 4.78 is 12.0. The number of thioether (sulfide) groups is 1. The van der Waals surface area contributed by atoms with Gasteiger partial charge in [-0.25, -0.2) is 9.78 Å². The number of ether oxygens (including phenoxy) is 1. The van der Waals surface area contributed by atoms with Crippen molar-refractivity contribution in [3.8, 4) is 0 Å². The molecule has 7 nitrogen and oxygen atoms in total. The fourth-order valence-electron chi connectivity index (χ4n) is 2.74. The van der Waals surface area contributed by atoms with Gasteiger partial charge in [0.2, 0.25) is 0 Å². The third-order valence-electron chi connectivity index (χ3n) is 4.54. The molecule has 3 rings (SSSR count). The highest BCUT2D eigenvalue weighted by molar-refractivity contribution is 7.99. The second kappa shape index (κ2) is 8.77. The number of nitrogens with zero attached hydrogens (tertiary/aromatic N) is 2. The molecule has 3 aromatic rings. The number of rotatable bonds is 7. The number of furan rings is 1. The second-order valence-corrected chi connectivity index (χ2v) is 9.73. The number of carbonyl (C=O) groups excluding carboxylic acids is 2. The van der Waals surface area contributed by atoms with Crippen molar-refractivity contribution in [2.45, 2.75) is 46.3 Å². The zero-order valence-electron chi connectivity index (χ0n) is 17.6. The van der Waals surface area contributed by atoms with Crippen LogP contribution in [0, 0.1) is 12.3 Å². The van der Waals surface area contributed by atoms with E-state index in [-0.39, 0.29) is 30.2 Å². The van der Waals surface area contributed by atoms with E-state index in [9.17, 15) is 14.4 Å². The van der Waals surface area contributed by atoms with Crippen LogP contribution in [0.5, 0.6) is 0 Å². The fraction of sp³-hybridized carbons (Fsp3) is 0.429. The van der Waals surface area contributed by atoms with Gasteiger partial charge in [0.1, 0.15) is 21.3 Å². The largest absolute Gasteiger partial charge is 0.467 e. The van der Waals surface area contributed by atoms with Gasteiger partial charge < -0.3 is 9.15 Å². The van der Waals surface area contributed by atoms with Crippen molar-refractivity contribution >= 4 is 45.1 Å². The minimum absolute atomic E-state index is 0.0565. The Hall–Kier alpha value is -2.39. The van der Waals surface area contributed by atoms with Crippen LogP contribution in [0.2, 0.25) is 0 Å². The molecule has 0 aromatic carbocycles. The molecule has 3 heterocycles. The molecule has 30 heavy (non-hydrogen) atoms. The van der Waals surface area contributed by atoms with Crippen molar-refractivity contribution in [3.63, 3.8) is 0 Å². The van der Waals surface area contributed by atoms with Crippen molar-refractivity contribution in [2.75, 3.05) is 12.4 Å². The number of aryl methyl sites for hydroxylation is 1. The molecule has 0 aliphatic rings. The normalized spacial score (nSPS) is 11.8. The first kappa shape index (κ1) is 22.3. The molecule has 0 saturated carbocycles. The molecule has 0 fully saturated rings. The second-order valence-electron chi connectivity index (χ2n) is 7.78. The minimum Gasteiger partial charge on any atom is -0.467 e. The zero-order chi connectivity index (χ0) is 22.1. The van der Waals surface area contributed by atoms with Gasteiger partial charge in [0.05, 0.1) is 30.6 Å². The molecule has 0 N–H and O–H groups in total. The predicted molar refractivity (Wildman–Crippen MR) is 118 cm³/mol. The van der Waals surface area contributed by atoms with E-state index in [1.807, 2.05) is 20.8 Å². The van der Waals surface area contributed by atoms with Gasteiger partial charge in [-0.15, -0.1) is 11.3 Å². The number of hydrogen-bond donors (Lipinski definition) is 0. The number of ketones is 1. The van der Waals surface area contributed by atoms with Crippen molar-refractivity contribution in [1.29, 1.82) is 0 Å². The summed E-state index contributed by atoms with van der Waals surface area (Å²) in [5.41, 5.74) is -0.201. The van der Waals surface area contributed by atoms with Crippen LogP contribution in [0.1, 0.15) is 48.7 Å². The van der Waals surface area contributed by atoms with Gasteiger partial charge in [-0.2, -0.15) is 0 Å². The van der Waals surface area contributed by atoms with Gasteiger partial charge in [0, 0.05) is 5.41 Å². The smallest absolute Gasteiger partial charge is 0.348 e. The molecule has 0 radical (unpaired) electrons. The maximum absolute atomic E-state index is 13.4. The van der Waals surface area contributed by atoms with Crippen molar-refractivity contribution < 1.29 is 18.7 Å². The zero-order valence-corrected chi connectivity index (χ0v) is 19.2. The molecule has 0 spiro atoms. The standard InChI is InChI=1S/C21H24N2O5S2/c1-6-27-19(26)16-12(2)15-17(30-16)22-20(29-11-14(24)21(3,4)5)23(18(15)25)10-13-8-7-9-28-13/h7-9H,6,10-11H2,1-5H3. The van der Waals surface area contributed by atoms with E-state index in [0.717, 1.165) is 11.3 Å². The number of fused-ring (bicyclic) bond motifs is 1. The quantitative estimate of drug-likeness (QED) is 0.302. The molecule has 0 unspecified atom stereocenters. The van der Waals surface area contributed by atoms with Gasteiger partial charge in [-0.3, -0.25) is 14.2 Å². The molecule has 9 heteroatoms. The molecule has 0 saturated heterocycles. The van der Waals surface area contributed by atoms with Gasteiger partial charge in [-0.05, 0) is 31.5 Å². The average Bonchev–Trinajstić information content (AvgIpc) is 3.29. The predicted octanol–water partition coefficient (Wildman–Crippen LogP) is 4.29. The maximum atomic E-state index is 13.4. The Morgan fingerprint density at radius 3 is 2.67 bits per heavy atom. The van der Waals surface area contributed by atoms with Crippen LogP contribution in [0.4, 0.5) is 0 Å². The summed E-state index contributed by atoms with van der Waals surface area (Å²) in [6.45, 7) is 9.46. The number of esters is 1. The van der Waals surface area contributed by atoms with Gasteiger partial charge in [0.15, 0.2) is 5.16 Å². The Balaban J connectivity index is 2.11. The Morgan fingerprint density at radius 1 is 1.33 bits per heavy atom. The summed E-state index contributed by atoms with van der Waals surface area (Å²) in [5.74, 6) is 0.378. The molecule has 3 aromatic heterocycles. The fourth-order valence-corrected chi connectivity index (χ4v) is 5.02. The summed E-state index contributed by atoms with van der Waals surface area (Å²) in [6, 6.07) is 3.52. The summed E-state index contributed by atoms with van der Waals surface area (Å²) >= 11 is 2.35. The molecule has 0 aliphatic carbocycles. The lowest BCUT2D eigenvalue weighted by molar-refractivity contribution is -0.123. The lowest BCUT2D eigenvalue weighted by Gasteiger charge is -2.17. The van der Waals surface area contributed by atoms with Gasteiger partial charge >= 0.3 is 5.97 Å². The number of carbonyl (C=O) groups is 2. The molecule has 0 atom stereocenters. The number of Topliss-reactive ketones (excluding diaryl/α,β-unsaturated/α-hetero) is 1. The Labute approximate surface area is 182 Å². The van der Waals surface area contributed by atoms with E-state index in [1.165, 1.54) is 22.6 Å². The summed E-state index contributed by atoms with van der Waals surface area (Å²) in [6.07, 6.45) is 1.54. The lowest BCUT2D eigenvalue weighted by Crippen LogP contribution is -2.26. The monoisotopic (exact) mass is 448 g/mol. The molecule has 0 bridgehead atoms. The Kier molecular flexibility index (Phi) is 6.52. The Bertz CT molecular complexity index is 1140. The van der Waals surface area contributed by atoms with E-state index in [2.05, 4.69) is 4.98 Å². The SMILES string of the molecule is CCOC(=O)c1sc2nc(SCC(=O)C(C)(C)C)n(Cc3ccco3)c(=O)c2c1C. The molecular formula is C21H24N2O5S2. The third-order valence-corrected chi connectivity index (χ3v) is 6.68. The highest BCUT2D eigenvalue weighted by Gasteiger charge is 2.25. The molecule has 0 aliphatic heterocycles. The first-order valence-corrected chi connectivity index (χ1v) is 11.3. The van der Waals surface area contributed by atoms with E-state index < -0.39 is 11.4 Å². The summed E-state index contributed by atoms with van der Waals surface area (Å²) in [5, 5.41) is 0.805. The summed E-state index contributed by atoms with van der Waals surface area (Å²) in [4.78, 5) is 43.5.